The van der Waals surface area contributed by atoms with Crippen molar-refractivity contribution in [1.29, 1.82) is 5.26 Å². The Kier molecular flexibility index (Phi) is 7.09. The van der Waals surface area contributed by atoms with Crippen molar-refractivity contribution in [3.63, 3.8) is 0 Å². The van der Waals surface area contributed by atoms with Gasteiger partial charge in [0.05, 0.1) is 17.7 Å². The summed E-state index contributed by atoms with van der Waals surface area (Å²) >= 11 is 7.15. The maximum atomic E-state index is 9.69. The molecule has 7 heteroatoms. The highest BCUT2D eigenvalue weighted by Gasteiger charge is 2.17. The summed E-state index contributed by atoms with van der Waals surface area (Å²) in [7, 11) is 1.98. The molecule has 154 valence electrons. The van der Waals surface area contributed by atoms with Crippen molar-refractivity contribution in [2.45, 2.75) is 27.2 Å². The van der Waals surface area contributed by atoms with Gasteiger partial charge in [0, 0.05) is 36.6 Å². The van der Waals surface area contributed by atoms with Crippen molar-refractivity contribution in [3.05, 3.63) is 69.4 Å². The first-order valence-corrected chi connectivity index (χ1v) is 10.7. The van der Waals surface area contributed by atoms with Gasteiger partial charge in [0.15, 0.2) is 0 Å². The maximum Gasteiger partial charge on any atom is 0.218 e. The quantitative estimate of drug-likeness (QED) is 0.321. The maximum absolute atomic E-state index is 9.69. The van der Waals surface area contributed by atoms with Crippen LogP contribution in [-0.2, 0) is 6.42 Å². The van der Waals surface area contributed by atoms with E-state index in [1.54, 1.807) is 0 Å². The molecular weight excluding hydrogens is 416 g/mol. The summed E-state index contributed by atoms with van der Waals surface area (Å²) in [4.78, 5) is 6.56. The molecule has 0 aliphatic heterocycles. The number of halogens is 1. The molecule has 0 aliphatic rings. The van der Waals surface area contributed by atoms with Gasteiger partial charge in [-0.05, 0) is 61.7 Å². The Labute approximate surface area is 186 Å². The third kappa shape index (κ3) is 5.18. The Bertz CT molecular complexity index is 1100. The fourth-order valence-electron chi connectivity index (χ4n) is 2.77. The smallest absolute Gasteiger partial charge is 0.218 e. The zero-order valence-corrected chi connectivity index (χ0v) is 19.0. The second-order valence-corrected chi connectivity index (χ2v) is 8.20. The number of ether oxygens (including phenoxy) is 1. The van der Waals surface area contributed by atoms with Crippen LogP contribution in [0.2, 0.25) is 5.02 Å². The van der Waals surface area contributed by atoms with Crippen molar-refractivity contribution >= 4 is 35.2 Å². The van der Waals surface area contributed by atoms with Crippen LogP contribution in [0.3, 0.4) is 0 Å². The van der Waals surface area contributed by atoms with Gasteiger partial charge in [-0.3, -0.25) is 0 Å². The first kappa shape index (κ1) is 21.8. The molecule has 0 radical (unpaired) electrons. The van der Waals surface area contributed by atoms with Crippen molar-refractivity contribution in [1.82, 2.24) is 9.27 Å². The number of hydrogen-bond donors (Lipinski definition) is 0. The van der Waals surface area contributed by atoms with Crippen molar-refractivity contribution in [3.8, 4) is 16.9 Å². The molecule has 0 fully saturated rings. The summed E-state index contributed by atoms with van der Waals surface area (Å²) in [5.41, 5.74) is 5.06. The van der Waals surface area contributed by atoms with E-state index in [1.807, 2.05) is 68.5 Å². The molecule has 0 unspecified atom stereocenters. The third-order valence-electron chi connectivity index (χ3n) is 4.72. The Hall–Kier alpha value is -2.88. The Morgan fingerprint density at radius 1 is 1.23 bits per heavy atom. The molecule has 0 amide bonds. The summed E-state index contributed by atoms with van der Waals surface area (Å²) < 4.78 is 10.6. The molecule has 0 saturated carbocycles. The number of benzene rings is 2. The van der Waals surface area contributed by atoms with E-state index in [2.05, 4.69) is 22.4 Å². The lowest BCUT2D eigenvalue weighted by Gasteiger charge is -2.12. The second-order valence-electron chi connectivity index (χ2n) is 7.03. The van der Waals surface area contributed by atoms with Crippen molar-refractivity contribution in [2.24, 2.45) is 4.99 Å². The standard InChI is InChI=1S/C23H23ClN4OS/c1-5-28(4)14-26-20-10-16(3)22(11-15(20)2)29-23-19(13-25)21(27-30-23)12-17-6-8-18(24)9-7-17/h6-11,14H,5,12H2,1-4H3/b26-14+. The molecule has 1 heterocycles. The Balaban J connectivity index is 1.83. The highest BCUT2D eigenvalue weighted by molar-refractivity contribution is 7.08. The molecule has 1 aromatic heterocycles. The van der Waals surface area contributed by atoms with Gasteiger partial charge in [-0.2, -0.15) is 9.64 Å². The van der Waals surface area contributed by atoms with E-state index in [0.717, 1.165) is 28.9 Å². The molecule has 0 bridgehead atoms. The fourth-order valence-corrected chi connectivity index (χ4v) is 3.62. The van der Waals surface area contributed by atoms with Gasteiger partial charge in [0.25, 0.3) is 0 Å². The van der Waals surface area contributed by atoms with Crippen LogP contribution in [0.1, 0.15) is 34.9 Å². The normalized spacial score (nSPS) is 10.9. The first-order chi connectivity index (χ1) is 14.4. The third-order valence-corrected chi connectivity index (χ3v) is 5.73. The minimum absolute atomic E-state index is 0.471. The topological polar surface area (TPSA) is 61.5 Å². The van der Waals surface area contributed by atoms with Gasteiger partial charge >= 0.3 is 0 Å². The second kappa shape index (κ2) is 9.75. The Morgan fingerprint density at radius 3 is 2.63 bits per heavy atom. The van der Waals surface area contributed by atoms with E-state index in [9.17, 15) is 5.26 Å². The molecule has 0 N–H and O–H groups in total. The molecule has 3 rings (SSSR count). The van der Waals surface area contributed by atoms with Crippen LogP contribution in [0.5, 0.6) is 10.8 Å². The molecule has 2 aromatic carbocycles. The molecule has 3 aromatic rings. The lowest BCUT2D eigenvalue weighted by Crippen LogP contribution is -2.14. The van der Waals surface area contributed by atoms with E-state index in [0.29, 0.717) is 33.5 Å². The molecule has 0 atom stereocenters. The summed E-state index contributed by atoms with van der Waals surface area (Å²) in [6.45, 7) is 6.93. The van der Waals surface area contributed by atoms with E-state index >= 15 is 0 Å². The van der Waals surface area contributed by atoms with Crippen LogP contribution in [0.4, 0.5) is 5.69 Å². The molecular formula is C23H23ClN4OS. The van der Waals surface area contributed by atoms with Crippen LogP contribution in [0, 0.1) is 25.2 Å². The summed E-state index contributed by atoms with van der Waals surface area (Å²) in [6, 6.07) is 13.7. The van der Waals surface area contributed by atoms with Crippen molar-refractivity contribution < 1.29 is 4.74 Å². The van der Waals surface area contributed by atoms with E-state index < -0.39 is 0 Å². The monoisotopic (exact) mass is 438 g/mol. The van der Waals surface area contributed by atoms with E-state index in [4.69, 9.17) is 16.3 Å². The summed E-state index contributed by atoms with van der Waals surface area (Å²) in [5.74, 6) is 0.702. The van der Waals surface area contributed by atoms with Crippen LogP contribution >= 0.6 is 23.1 Å². The highest BCUT2D eigenvalue weighted by Crippen LogP contribution is 2.36. The van der Waals surface area contributed by atoms with E-state index in [-0.39, 0.29) is 0 Å². The lowest BCUT2D eigenvalue weighted by atomic mass is 10.1. The predicted octanol–water partition coefficient (Wildman–Crippen LogP) is 6.28. The van der Waals surface area contributed by atoms with Gasteiger partial charge in [0.2, 0.25) is 5.06 Å². The molecule has 0 aliphatic carbocycles. The Morgan fingerprint density at radius 2 is 1.97 bits per heavy atom. The van der Waals surface area contributed by atoms with Crippen LogP contribution in [-0.4, -0.2) is 29.2 Å². The van der Waals surface area contributed by atoms with Gasteiger partial charge in [-0.15, -0.1) is 0 Å². The number of nitriles is 1. The number of aliphatic imine (C=N–C) groups is 1. The molecule has 30 heavy (non-hydrogen) atoms. The average Bonchev–Trinajstić information content (AvgIpc) is 3.11. The van der Waals surface area contributed by atoms with Crippen LogP contribution in [0.15, 0.2) is 41.4 Å². The lowest BCUT2D eigenvalue weighted by molar-refractivity contribution is 0.490. The van der Waals surface area contributed by atoms with Gasteiger partial charge < -0.3 is 9.64 Å². The largest absolute Gasteiger partial charge is 0.443 e. The minimum Gasteiger partial charge on any atom is -0.443 e. The summed E-state index contributed by atoms with van der Waals surface area (Å²) in [6.07, 6.45) is 2.37. The fraction of sp³-hybridized carbons (Fsp3) is 0.261. The number of nitrogens with zero attached hydrogens (tertiary/aromatic N) is 4. The molecule has 0 spiro atoms. The highest BCUT2D eigenvalue weighted by atomic mass is 35.5. The zero-order valence-electron chi connectivity index (χ0n) is 17.4. The van der Waals surface area contributed by atoms with Crippen LogP contribution in [0.25, 0.3) is 0 Å². The predicted molar refractivity (Wildman–Crippen MR) is 124 cm³/mol. The molecule has 5 nitrogen and oxygen atoms in total. The number of aromatic nitrogens is 1. The average molecular weight is 439 g/mol. The number of rotatable bonds is 7. The first-order valence-electron chi connectivity index (χ1n) is 9.57. The van der Waals surface area contributed by atoms with Crippen molar-refractivity contribution in [2.75, 3.05) is 13.6 Å². The molecule has 0 saturated heterocycles. The zero-order chi connectivity index (χ0) is 21.7. The minimum atomic E-state index is 0.471. The number of aryl methyl sites for hydroxylation is 2. The van der Waals surface area contributed by atoms with Gasteiger partial charge in [-0.25, -0.2) is 4.99 Å². The number of hydrogen-bond acceptors (Lipinski definition) is 5. The SMILES string of the molecule is CCN(C)/C=N/c1cc(C)c(Oc2snc(Cc3ccc(Cl)cc3)c2C#N)cc1C. The van der Waals surface area contributed by atoms with E-state index in [1.165, 1.54) is 11.5 Å². The van der Waals surface area contributed by atoms with Gasteiger partial charge in [-0.1, -0.05) is 23.7 Å². The van der Waals surface area contributed by atoms with Gasteiger partial charge in [0.1, 0.15) is 17.4 Å². The summed E-state index contributed by atoms with van der Waals surface area (Å²) in [5, 5.41) is 10.9. The van der Waals surface area contributed by atoms with Crippen LogP contribution < -0.4 is 4.74 Å².